The molecule has 0 aromatic heterocycles. The minimum atomic E-state index is -0.0772. The lowest BCUT2D eigenvalue weighted by atomic mass is 9.90. The molecule has 0 bridgehead atoms. The maximum Gasteiger partial charge on any atom is 0.321 e. The zero-order valence-electron chi connectivity index (χ0n) is 15.4. The Balaban J connectivity index is 1.54. The molecule has 1 saturated heterocycles. The van der Waals surface area contributed by atoms with Crippen LogP contribution in [0, 0.1) is 5.92 Å². The number of methoxy groups -OCH3 is 2. The number of rotatable bonds is 5. The highest BCUT2D eigenvalue weighted by molar-refractivity contribution is 5.91. The molecule has 1 heterocycles. The molecule has 1 aliphatic heterocycles. The first kappa shape index (κ1) is 18.1. The number of hydrogen-bond donors (Lipinski definition) is 1. The summed E-state index contributed by atoms with van der Waals surface area (Å²) in [5.41, 5.74) is 2.03. The Bertz CT molecular complexity index is 725. The van der Waals surface area contributed by atoms with Crippen LogP contribution < -0.4 is 14.8 Å². The number of carbonyl (C=O) groups excluding carboxylic acids is 1. The highest BCUT2D eigenvalue weighted by Crippen LogP contribution is 2.30. The minimum Gasteiger partial charge on any atom is -0.497 e. The highest BCUT2D eigenvalue weighted by Gasteiger charge is 2.23. The van der Waals surface area contributed by atoms with Gasteiger partial charge in [-0.05, 0) is 42.9 Å². The van der Waals surface area contributed by atoms with Gasteiger partial charge >= 0.3 is 6.03 Å². The lowest BCUT2D eigenvalue weighted by Gasteiger charge is -2.32. The van der Waals surface area contributed by atoms with Crippen LogP contribution in [0.4, 0.5) is 10.5 Å². The van der Waals surface area contributed by atoms with Crippen LogP contribution in [-0.4, -0.2) is 38.2 Å². The molecule has 0 saturated carbocycles. The number of amides is 2. The van der Waals surface area contributed by atoms with Gasteiger partial charge in [0.2, 0.25) is 0 Å². The third-order valence-electron chi connectivity index (χ3n) is 4.92. The average Bonchev–Trinajstić information content (AvgIpc) is 2.69. The van der Waals surface area contributed by atoms with Crippen LogP contribution in [0.2, 0.25) is 0 Å². The van der Waals surface area contributed by atoms with Gasteiger partial charge in [-0.25, -0.2) is 4.79 Å². The molecular formula is C21H26N2O3. The summed E-state index contributed by atoms with van der Waals surface area (Å²) in [5, 5.41) is 2.95. The zero-order chi connectivity index (χ0) is 18.4. The molecule has 0 aliphatic carbocycles. The Hall–Kier alpha value is -2.69. The molecule has 2 aromatic carbocycles. The quantitative estimate of drug-likeness (QED) is 0.876. The smallest absolute Gasteiger partial charge is 0.321 e. The van der Waals surface area contributed by atoms with E-state index in [1.165, 1.54) is 5.56 Å². The summed E-state index contributed by atoms with van der Waals surface area (Å²) in [4.78, 5) is 14.5. The van der Waals surface area contributed by atoms with Crippen molar-refractivity contribution in [2.45, 2.75) is 19.3 Å². The Morgan fingerprint density at radius 2 is 1.81 bits per heavy atom. The Morgan fingerprint density at radius 1 is 1.08 bits per heavy atom. The van der Waals surface area contributed by atoms with Crippen molar-refractivity contribution < 1.29 is 14.3 Å². The van der Waals surface area contributed by atoms with Crippen LogP contribution in [-0.2, 0) is 6.42 Å². The molecule has 0 atom stereocenters. The van der Waals surface area contributed by atoms with Crippen LogP contribution >= 0.6 is 0 Å². The second kappa shape index (κ2) is 8.61. The number of carbonyl (C=O) groups is 1. The van der Waals surface area contributed by atoms with Gasteiger partial charge in [0.1, 0.15) is 11.5 Å². The maximum atomic E-state index is 12.6. The van der Waals surface area contributed by atoms with E-state index >= 15 is 0 Å². The summed E-state index contributed by atoms with van der Waals surface area (Å²) in [6.45, 7) is 1.56. The summed E-state index contributed by atoms with van der Waals surface area (Å²) in [5.74, 6) is 1.93. The normalized spacial score (nSPS) is 14.8. The fourth-order valence-corrected chi connectivity index (χ4v) is 3.38. The number of nitrogens with one attached hydrogen (secondary N) is 1. The van der Waals surface area contributed by atoms with E-state index in [1.54, 1.807) is 26.4 Å². The first-order chi connectivity index (χ1) is 12.7. The van der Waals surface area contributed by atoms with E-state index in [1.807, 2.05) is 17.0 Å². The molecule has 138 valence electrons. The Labute approximate surface area is 154 Å². The second-order valence-electron chi connectivity index (χ2n) is 6.62. The second-order valence-corrected chi connectivity index (χ2v) is 6.62. The van der Waals surface area contributed by atoms with Gasteiger partial charge in [0.25, 0.3) is 0 Å². The van der Waals surface area contributed by atoms with Crippen molar-refractivity contribution in [1.82, 2.24) is 4.90 Å². The fourth-order valence-electron chi connectivity index (χ4n) is 3.38. The van der Waals surface area contributed by atoms with Crippen LogP contribution in [0.5, 0.6) is 11.5 Å². The molecule has 5 nitrogen and oxygen atoms in total. The van der Waals surface area contributed by atoms with Crippen LogP contribution in [0.3, 0.4) is 0 Å². The molecule has 5 heteroatoms. The van der Waals surface area contributed by atoms with E-state index in [-0.39, 0.29) is 6.03 Å². The van der Waals surface area contributed by atoms with Gasteiger partial charge < -0.3 is 19.7 Å². The standard InChI is InChI=1S/C21H26N2O3/c1-25-18-8-9-19(20(15-18)26-2)22-21(24)23-12-10-17(11-13-23)14-16-6-4-3-5-7-16/h3-9,15,17H,10-14H2,1-2H3,(H,22,24). The molecule has 1 N–H and O–H groups in total. The lowest BCUT2D eigenvalue weighted by Crippen LogP contribution is -2.41. The predicted molar refractivity (Wildman–Crippen MR) is 103 cm³/mol. The fraction of sp³-hybridized carbons (Fsp3) is 0.381. The first-order valence-electron chi connectivity index (χ1n) is 9.01. The van der Waals surface area contributed by atoms with Crippen LogP contribution in [0.15, 0.2) is 48.5 Å². The van der Waals surface area contributed by atoms with Gasteiger partial charge in [0.15, 0.2) is 0 Å². The number of anilines is 1. The van der Waals surface area contributed by atoms with E-state index in [4.69, 9.17) is 9.47 Å². The summed E-state index contributed by atoms with van der Waals surface area (Å²) >= 11 is 0. The van der Waals surface area contributed by atoms with E-state index in [0.717, 1.165) is 32.4 Å². The molecule has 1 fully saturated rings. The number of hydrogen-bond acceptors (Lipinski definition) is 3. The van der Waals surface area contributed by atoms with Gasteiger partial charge in [-0.1, -0.05) is 30.3 Å². The number of urea groups is 1. The Kier molecular flexibility index (Phi) is 6.00. The van der Waals surface area contributed by atoms with Gasteiger partial charge in [-0.2, -0.15) is 0 Å². The molecule has 26 heavy (non-hydrogen) atoms. The summed E-state index contributed by atoms with van der Waals surface area (Å²) in [6, 6.07) is 15.9. The van der Waals surface area contributed by atoms with Crippen molar-refractivity contribution >= 4 is 11.7 Å². The van der Waals surface area contributed by atoms with Crippen molar-refractivity contribution in [2.24, 2.45) is 5.92 Å². The molecule has 2 amide bonds. The minimum absolute atomic E-state index is 0.0772. The number of nitrogens with zero attached hydrogens (tertiary/aromatic N) is 1. The van der Waals surface area contributed by atoms with E-state index in [0.29, 0.717) is 23.1 Å². The largest absolute Gasteiger partial charge is 0.497 e. The van der Waals surface area contributed by atoms with E-state index < -0.39 is 0 Å². The third-order valence-corrected chi connectivity index (χ3v) is 4.92. The van der Waals surface area contributed by atoms with E-state index in [2.05, 4.69) is 29.6 Å². The third kappa shape index (κ3) is 4.48. The Morgan fingerprint density at radius 3 is 2.46 bits per heavy atom. The molecular weight excluding hydrogens is 328 g/mol. The topological polar surface area (TPSA) is 50.8 Å². The molecule has 2 aromatic rings. The summed E-state index contributed by atoms with van der Waals surface area (Å²) in [7, 11) is 3.19. The monoisotopic (exact) mass is 354 g/mol. The van der Waals surface area contributed by atoms with Gasteiger partial charge in [0, 0.05) is 19.2 Å². The number of likely N-dealkylation sites (tertiary alicyclic amines) is 1. The molecule has 1 aliphatic rings. The summed E-state index contributed by atoms with van der Waals surface area (Å²) < 4.78 is 10.5. The van der Waals surface area contributed by atoms with Crippen molar-refractivity contribution in [3.05, 3.63) is 54.1 Å². The molecule has 0 unspecified atom stereocenters. The van der Waals surface area contributed by atoms with E-state index in [9.17, 15) is 4.79 Å². The number of ether oxygens (including phenoxy) is 2. The number of piperidine rings is 1. The van der Waals surface area contributed by atoms with Crippen molar-refractivity contribution in [1.29, 1.82) is 0 Å². The summed E-state index contributed by atoms with van der Waals surface area (Å²) in [6.07, 6.45) is 3.15. The highest BCUT2D eigenvalue weighted by atomic mass is 16.5. The predicted octanol–water partition coefficient (Wildman–Crippen LogP) is 4.19. The lowest BCUT2D eigenvalue weighted by molar-refractivity contribution is 0.182. The molecule has 0 radical (unpaired) electrons. The van der Waals surface area contributed by atoms with Crippen molar-refractivity contribution in [2.75, 3.05) is 32.6 Å². The van der Waals surface area contributed by atoms with Gasteiger partial charge in [-0.3, -0.25) is 0 Å². The van der Waals surface area contributed by atoms with Crippen LogP contribution in [0.25, 0.3) is 0 Å². The van der Waals surface area contributed by atoms with Crippen LogP contribution in [0.1, 0.15) is 18.4 Å². The SMILES string of the molecule is COc1ccc(NC(=O)N2CCC(Cc3ccccc3)CC2)c(OC)c1. The average molecular weight is 354 g/mol. The van der Waals surface area contributed by atoms with Gasteiger partial charge in [0.05, 0.1) is 19.9 Å². The van der Waals surface area contributed by atoms with Crippen molar-refractivity contribution in [3.63, 3.8) is 0 Å². The molecule has 0 spiro atoms. The van der Waals surface area contributed by atoms with Gasteiger partial charge in [-0.15, -0.1) is 0 Å². The zero-order valence-corrected chi connectivity index (χ0v) is 15.4. The first-order valence-corrected chi connectivity index (χ1v) is 9.01. The maximum absolute atomic E-state index is 12.6. The molecule has 3 rings (SSSR count). The van der Waals surface area contributed by atoms with Crippen molar-refractivity contribution in [3.8, 4) is 11.5 Å². The number of benzene rings is 2.